The molecule has 0 radical (unpaired) electrons. The van der Waals surface area contributed by atoms with E-state index in [4.69, 9.17) is 4.74 Å². The van der Waals surface area contributed by atoms with Crippen molar-refractivity contribution in [3.8, 4) is 5.75 Å². The third-order valence-electron chi connectivity index (χ3n) is 3.41. The van der Waals surface area contributed by atoms with Gasteiger partial charge < -0.3 is 14.8 Å². The van der Waals surface area contributed by atoms with E-state index in [-0.39, 0.29) is 40.5 Å². The SMILES string of the molecule is O=Cc1c(OCCCS(=O)(=O)c2ccccc2)cccc1B(O)O. The minimum Gasteiger partial charge on any atom is -0.493 e. The first-order valence-corrected chi connectivity index (χ1v) is 8.96. The normalized spacial score (nSPS) is 11.1. The monoisotopic (exact) mass is 348 g/mol. The number of hydrogen-bond acceptors (Lipinski definition) is 6. The van der Waals surface area contributed by atoms with Gasteiger partial charge in [-0.25, -0.2) is 8.42 Å². The van der Waals surface area contributed by atoms with Gasteiger partial charge in [0.25, 0.3) is 0 Å². The molecule has 0 bridgehead atoms. The molecule has 0 saturated carbocycles. The molecule has 126 valence electrons. The molecule has 2 aromatic carbocycles. The molecule has 0 atom stereocenters. The lowest BCUT2D eigenvalue weighted by Crippen LogP contribution is -2.33. The highest BCUT2D eigenvalue weighted by Crippen LogP contribution is 2.16. The Morgan fingerprint density at radius 1 is 1.04 bits per heavy atom. The van der Waals surface area contributed by atoms with Crippen LogP contribution in [-0.4, -0.2) is 44.2 Å². The third-order valence-corrected chi connectivity index (χ3v) is 5.23. The fraction of sp³-hybridized carbons (Fsp3) is 0.188. The average molecular weight is 348 g/mol. The van der Waals surface area contributed by atoms with Crippen molar-refractivity contribution in [2.24, 2.45) is 0 Å². The Hall–Kier alpha value is -2.16. The van der Waals surface area contributed by atoms with E-state index in [1.54, 1.807) is 18.2 Å². The molecule has 0 aliphatic rings. The number of aldehydes is 1. The smallest absolute Gasteiger partial charge is 0.489 e. The Morgan fingerprint density at radius 3 is 2.38 bits per heavy atom. The van der Waals surface area contributed by atoms with Crippen molar-refractivity contribution in [3.05, 3.63) is 54.1 Å². The summed E-state index contributed by atoms with van der Waals surface area (Å²) in [5, 5.41) is 18.5. The van der Waals surface area contributed by atoms with Gasteiger partial charge in [0, 0.05) is 0 Å². The summed E-state index contributed by atoms with van der Waals surface area (Å²) in [5.41, 5.74) is 0.0813. The number of benzene rings is 2. The fourth-order valence-corrected chi connectivity index (χ4v) is 3.52. The zero-order valence-corrected chi connectivity index (χ0v) is 13.6. The van der Waals surface area contributed by atoms with Gasteiger partial charge in [-0.1, -0.05) is 30.3 Å². The maximum absolute atomic E-state index is 12.1. The summed E-state index contributed by atoms with van der Waals surface area (Å²) in [6.45, 7) is 0.0812. The molecular weight excluding hydrogens is 331 g/mol. The minimum absolute atomic E-state index is 0.0402. The average Bonchev–Trinajstić information content (AvgIpc) is 2.59. The molecule has 6 nitrogen and oxygen atoms in total. The van der Waals surface area contributed by atoms with E-state index in [0.717, 1.165) is 0 Å². The second-order valence-electron chi connectivity index (χ2n) is 5.08. The highest BCUT2D eigenvalue weighted by molar-refractivity contribution is 7.91. The van der Waals surface area contributed by atoms with Crippen molar-refractivity contribution in [2.75, 3.05) is 12.4 Å². The van der Waals surface area contributed by atoms with E-state index in [1.165, 1.54) is 30.3 Å². The molecule has 0 aliphatic heterocycles. The first-order chi connectivity index (χ1) is 11.5. The van der Waals surface area contributed by atoms with Crippen LogP contribution in [0.4, 0.5) is 0 Å². The molecule has 2 N–H and O–H groups in total. The van der Waals surface area contributed by atoms with E-state index in [9.17, 15) is 23.3 Å². The maximum Gasteiger partial charge on any atom is 0.489 e. The standard InChI is InChI=1S/C16H17BO6S/c18-12-14-15(17(19)20)8-4-9-16(14)23-10-5-11-24(21,22)13-6-2-1-3-7-13/h1-4,6-9,12,19-20H,5,10-11H2. The second-order valence-corrected chi connectivity index (χ2v) is 7.19. The van der Waals surface area contributed by atoms with Gasteiger partial charge in [0.05, 0.1) is 22.8 Å². The zero-order valence-electron chi connectivity index (χ0n) is 12.8. The van der Waals surface area contributed by atoms with Crippen LogP contribution in [0.25, 0.3) is 0 Å². The van der Waals surface area contributed by atoms with Gasteiger partial charge in [-0.15, -0.1) is 0 Å². The number of carbonyl (C=O) groups is 1. The maximum atomic E-state index is 12.1. The lowest BCUT2D eigenvalue weighted by Gasteiger charge is -2.11. The van der Waals surface area contributed by atoms with Gasteiger partial charge in [-0.3, -0.25) is 4.79 Å². The summed E-state index contributed by atoms with van der Waals surface area (Å²) in [6, 6.07) is 12.6. The summed E-state index contributed by atoms with van der Waals surface area (Å²) in [5.74, 6) is 0.100. The Kier molecular flexibility index (Phi) is 6.13. The van der Waals surface area contributed by atoms with Crippen LogP contribution in [0.1, 0.15) is 16.8 Å². The molecule has 2 rings (SSSR count). The lowest BCUT2D eigenvalue weighted by molar-refractivity contribution is 0.112. The predicted octanol–water partition coefficient (Wildman–Crippen LogP) is 0.422. The van der Waals surface area contributed by atoms with Crippen LogP contribution in [-0.2, 0) is 9.84 Å². The largest absolute Gasteiger partial charge is 0.493 e. The van der Waals surface area contributed by atoms with Gasteiger partial charge in [-0.2, -0.15) is 0 Å². The molecule has 0 saturated heterocycles. The summed E-state index contributed by atoms with van der Waals surface area (Å²) in [4.78, 5) is 11.4. The number of ether oxygens (including phenoxy) is 1. The molecule has 0 amide bonds. The quantitative estimate of drug-likeness (QED) is 0.407. The van der Waals surface area contributed by atoms with Crippen LogP contribution in [0.5, 0.6) is 5.75 Å². The zero-order chi connectivity index (χ0) is 17.6. The van der Waals surface area contributed by atoms with Crippen LogP contribution in [0.2, 0.25) is 0 Å². The number of hydrogen-bond donors (Lipinski definition) is 2. The highest BCUT2D eigenvalue weighted by atomic mass is 32.2. The number of carbonyl (C=O) groups excluding carboxylic acids is 1. The molecule has 0 aliphatic carbocycles. The topological polar surface area (TPSA) is 101 Å². The molecule has 0 spiro atoms. The van der Waals surface area contributed by atoms with Crippen molar-refractivity contribution in [2.45, 2.75) is 11.3 Å². The van der Waals surface area contributed by atoms with Crippen LogP contribution in [0, 0.1) is 0 Å². The summed E-state index contributed by atoms with van der Waals surface area (Å²) in [7, 11) is -5.17. The lowest BCUT2D eigenvalue weighted by atomic mass is 9.77. The molecular formula is C16H17BO6S. The van der Waals surface area contributed by atoms with Crippen LogP contribution in [0.15, 0.2) is 53.4 Å². The van der Waals surface area contributed by atoms with E-state index < -0.39 is 17.0 Å². The number of sulfone groups is 1. The minimum atomic E-state index is -3.38. The molecule has 2 aromatic rings. The molecule has 24 heavy (non-hydrogen) atoms. The Labute approximate surface area is 140 Å². The summed E-state index contributed by atoms with van der Waals surface area (Å²) >= 11 is 0. The third kappa shape index (κ3) is 4.44. The van der Waals surface area contributed by atoms with Crippen molar-refractivity contribution < 1.29 is 28.0 Å². The van der Waals surface area contributed by atoms with Crippen LogP contribution < -0.4 is 10.2 Å². The van der Waals surface area contributed by atoms with Gasteiger partial charge in [0.15, 0.2) is 16.1 Å². The van der Waals surface area contributed by atoms with Crippen LogP contribution >= 0.6 is 0 Å². The Balaban J connectivity index is 1.98. The van der Waals surface area contributed by atoms with E-state index in [1.807, 2.05) is 0 Å². The van der Waals surface area contributed by atoms with E-state index in [0.29, 0.717) is 6.29 Å². The van der Waals surface area contributed by atoms with Crippen LogP contribution in [0.3, 0.4) is 0 Å². The molecule has 0 fully saturated rings. The van der Waals surface area contributed by atoms with Gasteiger partial charge in [0.2, 0.25) is 0 Å². The van der Waals surface area contributed by atoms with E-state index >= 15 is 0 Å². The van der Waals surface area contributed by atoms with E-state index in [2.05, 4.69) is 0 Å². The van der Waals surface area contributed by atoms with Crippen molar-refractivity contribution >= 4 is 28.7 Å². The number of rotatable bonds is 8. The Bertz CT molecular complexity index is 789. The van der Waals surface area contributed by atoms with Crippen molar-refractivity contribution in [3.63, 3.8) is 0 Å². The van der Waals surface area contributed by atoms with Gasteiger partial charge in [0.1, 0.15) is 5.75 Å². The first-order valence-electron chi connectivity index (χ1n) is 7.30. The van der Waals surface area contributed by atoms with Gasteiger partial charge >= 0.3 is 7.12 Å². The van der Waals surface area contributed by atoms with Crippen molar-refractivity contribution in [1.29, 1.82) is 0 Å². The molecule has 0 heterocycles. The fourth-order valence-electron chi connectivity index (χ4n) is 2.21. The summed E-state index contributed by atoms with van der Waals surface area (Å²) in [6.07, 6.45) is 0.715. The molecule has 0 aromatic heterocycles. The molecule has 8 heteroatoms. The Morgan fingerprint density at radius 2 is 1.75 bits per heavy atom. The molecule has 0 unspecified atom stereocenters. The van der Waals surface area contributed by atoms with Crippen molar-refractivity contribution in [1.82, 2.24) is 0 Å². The second kappa shape index (κ2) is 8.10. The van der Waals surface area contributed by atoms with Gasteiger partial charge in [-0.05, 0) is 30.1 Å². The summed E-state index contributed by atoms with van der Waals surface area (Å²) < 4.78 is 29.7. The first kappa shape index (κ1) is 18.2. The highest BCUT2D eigenvalue weighted by Gasteiger charge is 2.19. The predicted molar refractivity (Wildman–Crippen MR) is 90.3 cm³/mol.